The van der Waals surface area contributed by atoms with E-state index in [4.69, 9.17) is 0 Å². The van der Waals surface area contributed by atoms with Gasteiger partial charge >= 0.3 is 0 Å². The van der Waals surface area contributed by atoms with E-state index in [1.807, 2.05) is 6.92 Å². The molecule has 1 aromatic carbocycles. The predicted molar refractivity (Wildman–Crippen MR) is 85.0 cm³/mol. The smallest absolute Gasteiger partial charge is 0.237 e. The number of thioether (sulfide) groups is 1. The van der Waals surface area contributed by atoms with Crippen LogP contribution < -0.4 is 5.32 Å². The third-order valence-corrected chi connectivity index (χ3v) is 5.11. The maximum atomic E-state index is 12.0. The highest BCUT2D eigenvalue weighted by molar-refractivity contribution is 8.00. The number of unbranched alkanes of at least 4 members (excludes halogenated alkanes) is 1. The van der Waals surface area contributed by atoms with Gasteiger partial charge in [0.1, 0.15) is 0 Å². The normalized spacial score (nSPS) is 12.9. The lowest BCUT2D eigenvalue weighted by Crippen LogP contribution is -2.22. The molecule has 1 amide bonds. The second-order valence-corrected chi connectivity index (χ2v) is 8.12. The number of benzene rings is 1. The van der Waals surface area contributed by atoms with E-state index in [9.17, 15) is 13.2 Å². The molecule has 0 bridgehead atoms. The SMILES string of the molecule is CCCCS[C@@H](C)C(=O)Nc1cccc(S(C)(=O)=O)c1. The van der Waals surface area contributed by atoms with Gasteiger partial charge in [-0.1, -0.05) is 19.4 Å². The van der Waals surface area contributed by atoms with E-state index < -0.39 is 9.84 Å². The van der Waals surface area contributed by atoms with Gasteiger partial charge in [-0.05, 0) is 37.3 Å². The van der Waals surface area contributed by atoms with Crippen LogP contribution in [0.5, 0.6) is 0 Å². The molecular formula is C14H21NO3S2. The molecule has 1 atom stereocenters. The summed E-state index contributed by atoms with van der Waals surface area (Å²) in [5.74, 6) is 0.853. The van der Waals surface area contributed by atoms with Crippen LogP contribution in [-0.2, 0) is 14.6 Å². The van der Waals surface area contributed by atoms with E-state index in [0.717, 1.165) is 24.9 Å². The van der Waals surface area contributed by atoms with Crippen molar-refractivity contribution < 1.29 is 13.2 Å². The molecule has 20 heavy (non-hydrogen) atoms. The highest BCUT2D eigenvalue weighted by Crippen LogP contribution is 2.18. The van der Waals surface area contributed by atoms with Crippen LogP contribution in [0.15, 0.2) is 29.2 Å². The molecule has 0 unspecified atom stereocenters. The first-order valence-corrected chi connectivity index (χ1v) is 9.51. The molecule has 0 saturated heterocycles. The van der Waals surface area contributed by atoms with E-state index in [1.54, 1.807) is 23.9 Å². The van der Waals surface area contributed by atoms with Crippen molar-refractivity contribution in [1.29, 1.82) is 0 Å². The van der Waals surface area contributed by atoms with Crippen LogP contribution in [0, 0.1) is 0 Å². The fraction of sp³-hybridized carbons (Fsp3) is 0.500. The van der Waals surface area contributed by atoms with Crippen molar-refractivity contribution in [3.05, 3.63) is 24.3 Å². The molecule has 1 rings (SSSR count). The number of rotatable bonds is 7. The summed E-state index contributed by atoms with van der Waals surface area (Å²) in [7, 11) is -3.26. The van der Waals surface area contributed by atoms with E-state index in [2.05, 4.69) is 12.2 Å². The number of amides is 1. The predicted octanol–water partition coefficient (Wildman–Crippen LogP) is 2.95. The Morgan fingerprint density at radius 3 is 2.70 bits per heavy atom. The summed E-state index contributed by atoms with van der Waals surface area (Å²) < 4.78 is 22.9. The average molecular weight is 315 g/mol. The highest BCUT2D eigenvalue weighted by Gasteiger charge is 2.14. The van der Waals surface area contributed by atoms with Gasteiger partial charge in [0.05, 0.1) is 10.1 Å². The van der Waals surface area contributed by atoms with Crippen molar-refractivity contribution in [2.75, 3.05) is 17.3 Å². The lowest BCUT2D eigenvalue weighted by atomic mass is 10.3. The Balaban J connectivity index is 2.66. The molecule has 1 N–H and O–H groups in total. The number of nitrogens with one attached hydrogen (secondary N) is 1. The van der Waals surface area contributed by atoms with Gasteiger partial charge in [0.25, 0.3) is 0 Å². The molecule has 0 spiro atoms. The first-order chi connectivity index (χ1) is 9.34. The molecule has 0 fully saturated rings. The van der Waals surface area contributed by atoms with Crippen LogP contribution in [0.2, 0.25) is 0 Å². The number of hydrogen-bond acceptors (Lipinski definition) is 4. The Bertz CT molecular complexity index is 555. The monoisotopic (exact) mass is 315 g/mol. The Labute approximate surface area is 125 Å². The van der Waals surface area contributed by atoms with E-state index in [0.29, 0.717) is 5.69 Å². The zero-order valence-electron chi connectivity index (χ0n) is 12.0. The van der Waals surface area contributed by atoms with Crippen molar-refractivity contribution in [3.63, 3.8) is 0 Å². The summed E-state index contributed by atoms with van der Waals surface area (Å²) >= 11 is 1.61. The first kappa shape index (κ1) is 17.0. The van der Waals surface area contributed by atoms with Crippen LogP contribution in [0.3, 0.4) is 0 Å². The summed E-state index contributed by atoms with van der Waals surface area (Å²) in [6.07, 6.45) is 3.35. The fourth-order valence-corrected chi connectivity index (χ4v) is 3.21. The van der Waals surface area contributed by atoms with E-state index in [-0.39, 0.29) is 16.1 Å². The maximum absolute atomic E-state index is 12.0. The van der Waals surface area contributed by atoms with Crippen molar-refractivity contribution in [1.82, 2.24) is 0 Å². The van der Waals surface area contributed by atoms with E-state index >= 15 is 0 Å². The minimum Gasteiger partial charge on any atom is -0.325 e. The van der Waals surface area contributed by atoms with Gasteiger partial charge in [-0.3, -0.25) is 4.79 Å². The van der Waals surface area contributed by atoms with Crippen LogP contribution >= 0.6 is 11.8 Å². The third-order valence-electron chi connectivity index (χ3n) is 2.76. The van der Waals surface area contributed by atoms with Gasteiger partial charge in [-0.15, -0.1) is 11.8 Å². The molecule has 0 aliphatic rings. The van der Waals surface area contributed by atoms with Crippen LogP contribution in [-0.4, -0.2) is 31.6 Å². The Kier molecular flexibility index (Phi) is 6.55. The van der Waals surface area contributed by atoms with Gasteiger partial charge in [-0.2, -0.15) is 0 Å². The highest BCUT2D eigenvalue weighted by atomic mass is 32.2. The zero-order valence-corrected chi connectivity index (χ0v) is 13.7. The molecule has 112 valence electrons. The van der Waals surface area contributed by atoms with Crippen molar-refractivity contribution in [2.45, 2.75) is 36.8 Å². The Morgan fingerprint density at radius 2 is 2.10 bits per heavy atom. The number of carbonyl (C=O) groups is 1. The zero-order chi connectivity index (χ0) is 15.2. The van der Waals surface area contributed by atoms with E-state index in [1.165, 1.54) is 12.1 Å². The van der Waals surface area contributed by atoms with Crippen molar-refractivity contribution in [2.24, 2.45) is 0 Å². The topological polar surface area (TPSA) is 63.2 Å². The summed E-state index contributed by atoms with van der Waals surface area (Å²) in [4.78, 5) is 12.2. The number of hydrogen-bond donors (Lipinski definition) is 1. The molecule has 0 saturated carbocycles. The van der Waals surface area contributed by atoms with Crippen molar-refractivity contribution >= 4 is 33.2 Å². The van der Waals surface area contributed by atoms with Crippen LogP contribution in [0.4, 0.5) is 5.69 Å². The summed E-state index contributed by atoms with van der Waals surface area (Å²) in [5.41, 5.74) is 0.515. The second kappa shape index (κ2) is 7.69. The standard InChI is InChI=1S/C14H21NO3S2/c1-4-5-9-19-11(2)14(16)15-12-7-6-8-13(10-12)20(3,17)18/h6-8,10-11H,4-5,9H2,1-3H3,(H,15,16)/t11-/m0/s1. The van der Waals surface area contributed by atoms with Gasteiger partial charge in [0, 0.05) is 11.9 Å². The minimum absolute atomic E-state index is 0.100. The van der Waals surface area contributed by atoms with Gasteiger partial charge in [0.2, 0.25) is 5.91 Å². The van der Waals surface area contributed by atoms with Crippen molar-refractivity contribution in [3.8, 4) is 0 Å². The van der Waals surface area contributed by atoms with Gasteiger partial charge in [-0.25, -0.2) is 8.42 Å². The fourth-order valence-electron chi connectivity index (χ4n) is 1.53. The Hall–Kier alpha value is -1.01. The lowest BCUT2D eigenvalue weighted by Gasteiger charge is -2.12. The van der Waals surface area contributed by atoms with Crippen LogP contribution in [0.1, 0.15) is 26.7 Å². The molecular weight excluding hydrogens is 294 g/mol. The molecule has 1 aromatic rings. The summed E-state index contributed by atoms with van der Waals surface area (Å²) in [5, 5.41) is 2.61. The summed E-state index contributed by atoms with van der Waals surface area (Å²) in [6.45, 7) is 3.97. The molecule has 0 heterocycles. The number of sulfone groups is 1. The lowest BCUT2D eigenvalue weighted by molar-refractivity contribution is -0.115. The molecule has 4 nitrogen and oxygen atoms in total. The third kappa shape index (κ3) is 5.54. The minimum atomic E-state index is -3.26. The maximum Gasteiger partial charge on any atom is 0.237 e. The summed E-state index contributed by atoms with van der Waals surface area (Å²) in [6, 6.07) is 6.32. The molecule has 0 aliphatic carbocycles. The Morgan fingerprint density at radius 1 is 1.40 bits per heavy atom. The first-order valence-electron chi connectivity index (χ1n) is 6.57. The quantitative estimate of drug-likeness (QED) is 0.786. The molecule has 0 aliphatic heterocycles. The second-order valence-electron chi connectivity index (χ2n) is 4.66. The molecule has 0 radical (unpaired) electrons. The largest absolute Gasteiger partial charge is 0.325 e. The van der Waals surface area contributed by atoms with Gasteiger partial charge in [0.15, 0.2) is 9.84 Å². The number of anilines is 1. The molecule has 0 aromatic heterocycles. The average Bonchev–Trinajstić information content (AvgIpc) is 2.38. The van der Waals surface area contributed by atoms with Crippen LogP contribution in [0.25, 0.3) is 0 Å². The molecule has 6 heteroatoms. The van der Waals surface area contributed by atoms with Gasteiger partial charge < -0.3 is 5.32 Å². The number of carbonyl (C=O) groups excluding carboxylic acids is 1.